The van der Waals surface area contributed by atoms with Gasteiger partial charge < -0.3 is 0 Å². The van der Waals surface area contributed by atoms with Gasteiger partial charge in [0.15, 0.2) is 0 Å². The molecule has 4 rings (SSSR count). The zero-order chi connectivity index (χ0) is 9.00. The zero-order valence-electron chi connectivity index (χ0n) is 8.38. The van der Waals surface area contributed by atoms with Crippen LogP contribution in [-0.2, 0) is 0 Å². The monoisotopic (exact) mass is 290 g/mol. The maximum absolute atomic E-state index is 2.67. The highest BCUT2D eigenvalue weighted by molar-refractivity contribution is 14.1. The van der Waals surface area contributed by atoms with Crippen LogP contribution < -0.4 is 0 Å². The maximum atomic E-state index is 2.67. The van der Waals surface area contributed by atoms with Crippen molar-refractivity contribution < 1.29 is 0 Å². The number of hydrogen-bond acceptors (Lipinski definition) is 0. The molecule has 0 nitrogen and oxygen atoms in total. The molecule has 0 heterocycles. The summed E-state index contributed by atoms with van der Waals surface area (Å²) in [5, 5.41) is 0. The van der Waals surface area contributed by atoms with Crippen molar-refractivity contribution in [1.29, 1.82) is 0 Å². The largest absolute Gasteiger partial charge is 0.0826 e. The molecule has 4 aliphatic carbocycles. The van der Waals surface area contributed by atoms with E-state index in [-0.39, 0.29) is 0 Å². The van der Waals surface area contributed by atoms with E-state index < -0.39 is 0 Å². The summed E-state index contributed by atoms with van der Waals surface area (Å²) in [6.45, 7) is 2.44. The summed E-state index contributed by atoms with van der Waals surface area (Å²) in [6.07, 6.45) is 7.95. The summed E-state index contributed by atoms with van der Waals surface area (Å²) in [7, 11) is 0. The number of halogens is 1. The molecule has 0 aromatic heterocycles. The van der Waals surface area contributed by atoms with E-state index in [2.05, 4.69) is 29.5 Å². The van der Waals surface area contributed by atoms with E-state index in [1.807, 2.05) is 0 Å². The summed E-state index contributed by atoms with van der Waals surface area (Å²) in [5.74, 6) is 5.64. The Hall–Kier alpha value is 0.730. The van der Waals surface area contributed by atoms with Gasteiger partial charge in [0.25, 0.3) is 0 Å². The predicted molar refractivity (Wildman–Crippen MR) is 64.0 cm³/mol. The first-order valence-corrected chi connectivity index (χ1v) is 7.12. The van der Waals surface area contributed by atoms with Crippen LogP contribution in [0.5, 0.6) is 0 Å². The van der Waals surface area contributed by atoms with Gasteiger partial charge in [-0.15, -0.1) is 0 Å². The van der Waals surface area contributed by atoms with E-state index >= 15 is 0 Å². The third-order valence-corrected chi connectivity index (χ3v) is 5.66. The normalized spacial score (nSPS) is 55.4. The maximum Gasteiger partial charge on any atom is 0.0115 e. The molecular weight excluding hydrogens is 271 g/mol. The summed E-state index contributed by atoms with van der Waals surface area (Å²) < 4.78 is 0.924. The third kappa shape index (κ3) is 1.37. The van der Waals surface area contributed by atoms with E-state index in [0.717, 1.165) is 33.5 Å². The lowest BCUT2D eigenvalue weighted by atomic mass is 9.51. The van der Waals surface area contributed by atoms with Gasteiger partial charge in [-0.2, -0.15) is 0 Å². The van der Waals surface area contributed by atoms with Crippen LogP contribution in [0.25, 0.3) is 0 Å². The molecule has 74 valence electrons. The fraction of sp³-hybridized carbons (Fsp3) is 1.00. The molecule has 13 heavy (non-hydrogen) atoms. The molecule has 0 spiro atoms. The predicted octanol–water partition coefficient (Wildman–Crippen LogP) is 3.88. The molecule has 0 aliphatic heterocycles. The Morgan fingerprint density at radius 3 is 1.77 bits per heavy atom. The summed E-state index contributed by atoms with van der Waals surface area (Å²) in [5.41, 5.74) is 0. The van der Waals surface area contributed by atoms with E-state index in [1.54, 1.807) is 32.1 Å². The van der Waals surface area contributed by atoms with Gasteiger partial charge in [0.2, 0.25) is 0 Å². The first-order valence-electron chi connectivity index (χ1n) is 5.88. The van der Waals surface area contributed by atoms with Crippen molar-refractivity contribution >= 4 is 22.6 Å². The van der Waals surface area contributed by atoms with E-state index in [4.69, 9.17) is 0 Å². The SMILES string of the molecule is CC(I)C1C2CC3CC(C2)CC1C3. The smallest absolute Gasteiger partial charge is 0.0115 e. The van der Waals surface area contributed by atoms with Crippen LogP contribution in [0.2, 0.25) is 0 Å². The van der Waals surface area contributed by atoms with Crippen molar-refractivity contribution in [2.45, 2.75) is 43.0 Å². The molecule has 0 aromatic carbocycles. The minimum atomic E-state index is 0.924. The van der Waals surface area contributed by atoms with Gasteiger partial charge >= 0.3 is 0 Å². The van der Waals surface area contributed by atoms with Crippen molar-refractivity contribution in [2.24, 2.45) is 29.6 Å². The van der Waals surface area contributed by atoms with E-state index in [1.165, 1.54) is 0 Å². The van der Waals surface area contributed by atoms with Gasteiger partial charge in [-0.25, -0.2) is 0 Å². The molecule has 4 saturated carbocycles. The average Bonchev–Trinajstić information content (AvgIpc) is 2.00. The molecule has 1 atom stereocenters. The van der Waals surface area contributed by atoms with Crippen LogP contribution in [0.4, 0.5) is 0 Å². The molecule has 4 bridgehead atoms. The second-order valence-electron chi connectivity index (χ2n) is 5.69. The molecule has 0 aromatic rings. The fourth-order valence-electron chi connectivity index (χ4n) is 4.72. The van der Waals surface area contributed by atoms with Crippen LogP contribution >= 0.6 is 22.6 Å². The molecule has 1 heteroatoms. The van der Waals surface area contributed by atoms with Crippen LogP contribution in [0, 0.1) is 29.6 Å². The zero-order valence-corrected chi connectivity index (χ0v) is 10.5. The Bertz CT molecular complexity index is 181. The summed E-state index contributed by atoms with van der Waals surface area (Å²) in [4.78, 5) is 0. The molecular formula is C12H19I. The first-order chi connectivity index (χ1) is 6.24. The van der Waals surface area contributed by atoms with Crippen LogP contribution in [0.1, 0.15) is 39.0 Å². The lowest BCUT2D eigenvalue weighted by Crippen LogP contribution is -2.47. The molecule has 1 unspecified atom stereocenters. The highest BCUT2D eigenvalue weighted by Gasteiger charge is 2.49. The first kappa shape index (κ1) is 8.99. The van der Waals surface area contributed by atoms with Crippen molar-refractivity contribution in [3.8, 4) is 0 Å². The number of hydrogen-bond donors (Lipinski definition) is 0. The Morgan fingerprint density at radius 1 is 0.923 bits per heavy atom. The Kier molecular flexibility index (Phi) is 2.15. The standard InChI is InChI=1S/C12H19I/c1-7(13)12-10-3-8-2-9(5-10)6-11(12)4-8/h7-12H,2-6H2,1H3. The highest BCUT2D eigenvalue weighted by Crippen LogP contribution is 2.58. The Morgan fingerprint density at radius 2 is 1.38 bits per heavy atom. The van der Waals surface area contributed by atoms with Gasteiger partial charge in [0, 0.05) is 3.92 Å². The van der Waals surface area contributed by atoms with Crippen molar-refractivity contribution in [3.63, 3.8) is 0 Å². The number of alkyl halides is 1. The Balaban J connectivity index is 1.85. The van der Waals surface area contributed by atoms with Crippen LogP contribution in [0.15, 0.2) is 0 Å². The number of rotatable bonds is 1. The average molecular weight is 290 g/mol. The summed E-state index contributed by atoms with van der Waals surface area (Å²) >= 11 is 2.67. The minimum Gasteiger partial charge on any atom is -0.0826 e. The Labute approximate surface area is 95.0 Å². The second kappa shape index (κ2) is 3.11. The molecule has 0 amide bonds. The quantitative estimate of drug-likeness (QED) is 0.508. The second-order valence-corrected chi connectivity index (χ2v) is 7.65. The topological polar surface area (TPSA) is 0 Å². The summed E-state index contributed by atoms with van der Waals surface area (Å²) in [6, 6.07) is 0. The lowest BCUT2D eigenvalue weighted by molar-refractivity contribution is -0.0334. The van der Waals surface area contributed by atoms with Crippen LogP contribution in [-0.4, -0.2) is 3.92 Å². The van der Waals surface area contributed by atoms with Crippen molar-refractivity contribution in [3.05, 3.63) is 0 Å². The third-order valence-electron chi connectivity index (χ3n) is 4.83. The van der Waals surface area contributed by atoms with Gasteiger partial charge in [0.1, 0.15) is 0 Å². The molecule has 0 radical (unpaired) electrons. The van der Waals surface area contributed by atoms with Crippen LogP contribution in [0.3, 0.4) is 0 Å². The highest BCUT2D eigenvalue weighted by atomic mass is 127. The van der Waals surface area contributed by atoms with E-state index in [9.17, 15) is 0 Å². The fourth-order valence-corrected chi connectivity index (χ4v) is 5.89. The van der Waals surface area contributed by atoms with Crippen molar-refractivity contribution in [1.82, 2.24) is 0 Å². The minimum absolute atomic E-state index is 0.924. The molecule has 4 fully saturated rings. The molecule has 4 aliphatic rings. The van der Waals surface area contributed by atoms with Crippen molar-refractivity contribution in [2.75, 3.05) is 0 Å². The van der Waals surface area contributed by atoms with Gasteiger partial charge in [-0.05, 0) is 61.7 Å². The lowest BCUT2D eigenvalue weighted by Gasteiger charge is -2.55. The van der Waals surface area contributed by atoms with Gasteiger partial charge in [-0.3, -0.25) is 0 Å². The van der Waals surface area contributed by atoms with Gasteiger partial charge in [0.05, 0.1) is 0 Å². The van der Waals surface area contributed by atoms with E-state index in [0.29, 0.717) is 0 Å². The molecule has 0 saturated heterocycles. The molecule has 0 N–H and O–H groups in total. The van der Waals surface area contributed by atoms with Gasteiger partial charge in [-0.1, -0.05) is 29.5 Å².